The molecule has 0 aromatic carbocycles. The number of pyridine rings is 1. The largest absolute Gasteiger partial charge is 0.460 e. The molecule has 0 aliphatic heterocycles. The molecule has 0 spiro atoms. The minimum absolute atomic E-state index is 0.157. The van der Waals surface area contributed by atoms with Crippen molar-refractivity contribution in [3.8, 4) is 11.5 Å². The van der Waals surface area contributed by atoms with Crippen LogP contribution in [0.4, 0.5) is 10.6 Å². The number of amides is 2. The highest BCUT2D eigenvalue weighted by Gasteiger charge is 2.29. The molecule has 1 aliphatic rings. The van der Waals surface area contributed by atoms with E-state index < -0.39 is 0 Å². The van der Waals surface area contributed by atoms with Crippen molar-refractivity contribution in [1.29, 1.82) is 0 Å². The molecule has 0 atom stereocenters. The van der Waals surface area contributed by atoms with Gasteiger partial charge in [-0.1, -0.05) is 0 Å². The molecule has 1 N–H and O–H groups in total. The Bertz CT molecular complexity index is 916. The number of furan rings is 1. The highest BCUT2D eigenvalue weighted by atomic mass is 16.3. The fraction of sp³-hybridized carbons (Fsp3) is 0.294. The Labute approximate surface area is 138 Å². The minimum atomic E-state index is -0.157. The number of rotatable bonds is 3. The van der Waals surface area contributed by atoms with Crippen LogP contribution in [-0.2, 0) is 0 Å². The predicted octanol–water partition coefficient (Wildman–Crippen LogP) is 3.22. The number of nitrogens with zero attached hydrogens (tertiary/aromatic N) is 4. The van der Waals surface area contributed by atoms with Crippen molar-refractivity contribution in [3.63, 3.8) is 0 Å². The zero-order valence-corrected chi connectivity index (χ0v) is 13.5. The van der Waals surface area contributed by atoms with Crippen molar-refractivity contribution >= 4 is 23.0 Å². The number of aromatic nitrogens is 3. The van der Waals surface area contributed by atoms with Crippen LogP contribution in [0.3, 0.4) is 0 Å². The normalized spacial score (nSPS) is 13.9. The number of hydrogen-bond donors (Lipinski definition) is 1. The summed E-state index contributed by atoms with van der Waals surface area (Å²) in [5.74, 6) is 1.91. The molecule has 7 nitrogen and oxygen atoms in total. The second-order valence-electron chi connectivity index (χ2n) is 5.98. The van der Waals surface area contributed by atoms with Gasteiger partial charge in [0.2, 0.25) is 0 Å². The van der Waals surface area contributed by atoms with Gasteiger partial charge in [0, 0.05) is 13.1 Å². The maximum atomic E-state index is 12.1. The van der Waals surface area contributed by atoms with Crippen molar-refractivity contribution in [2.45, 2.75) is 25.8 Å². The highest BCUT2D eigenvalue weighted by Crippen LogP contribution is 2.26. The first kappa shape index (κ1) is 14.6. The third kappa shape index (κ3) is 2.80. The first-order chi connectivity index (χ1) is 11.6. The second kappa shape index (κ2) is 5.59. The van der Waals surface area contributed by atoms with Crippen LogP contribution in [0.15, 0.2) is 34.9 Å². The van der Waals surface area contributed by atoms with Gasteiger partial charge in [0.05, 0.1) is 6.20 Å². The maximum absolute atomic E-state index is 12.1. The van der Waals surface area contributed by atoms with Gasteiger partial charge in [-0.05, 0) is 44.0 Å². The summed E-state index contributed by atoms with van der Waals surface area (Å²) >= 11 is 0. The number of fused-ring (bicyclic) bond motifs is 1. The second-order valence-corrected chi connectivity index (χ2v) is 5.98. The van der Waals surface area contributed by atoms with E-state index in [1.165, 1.54) is 0 Å². The van der Waals surface area contributed by atoms with E-state index in [2.05, 4.69) is 20.3 Å². The van der Waals surface area contributed by atoms with Crippen molar-refractivity contribution in [1.82, 2.24) is 19.9 Å². The lowest BCUT2D eigenvalue weighted by Crippen LogP contribution is -2.33. The molecule has 3 heterocycles. The van der Waals surface area contributed by atoms with Gasteiger partial charge in [0.25, 0.3) is 0 Å². The summed E-state index contributed by atoms with van der Waals surface area (Å²) in [4.78, 5) is 27.1. The number of anilines is 1. The lowest BCUT2D eigenvalue weighted by Gasteiger charge is -2.16. The summed E-state index contributed by atoms with van der Waals surface area (Å²) in [6, 6.07) is 7.43. The lowest BCUT2D eigenvalue weighted by molar-refractivity contribution is 0.220. The summed E-state index contributed by atoms with van der Waals surface area (Å²) < 4.78 is 5.57. The molecule has 0 bridgehead atoms. The zero-order chi connectivity index (χ0) is 16.7. The Morgan fingerprint density at radius 1 is 1.25 bits per heavy atom. The van der Waals surface area contributed by atoms with E-state index >= 15 is 0 Å². The van der Waals surface area contributed by atoms with Crippen LogP contribution in [0, 0.1) is 6.92 Å². The monoisotopic (exact) mass is 323 g/mol. The van der Waals surface area contributed by atoms with Gasteiger partial charge in [0.1, 0.15) is 22.8 Å². The van der Waals surface area contributed by atoms with E-state index in [9.17, 15) is 4.79 Å². The molecule has 0 radical (unpaired) electrons. The highest BCUT2D eigenvalue weighted by molar-refractivity contribution is 5.89. The molecule has 4 rings (SSSR count). The van der Waals surface area contributed by atoms with E-state index in [-0.39, 0.29) is 6.03 Å². The molecule has 3 aromatic heterocycles. The van der Waals surface area contributed by atoms with Crippen LogP contribution >= 0.6 is 0 Å². The average molecular weight is 323 g/mol. The first-order valence-electron chi connectivity index (χ1n) is 7.84. The summed E-state index contributed by atoms with van der Waals surface area (Å²) in [7, 11) is 1.80. The molecule has 0 unspecified atom stereocenters. The molecule has 122 valence electrons. The molecular formula is C17H17N5O2. The number of carbonyl (C=O) groups excluding carboxylic acids is 1. The van der Waals surface area contributed by atoms with Gasteiger partial charge in [-0.3, -0.25) is 10.3 Å². The molecule has 0 saturated heterocycles. The Kier molecular flexibility index (Phi) is 3.41. The zero-order valence-electron chi connectivity index (χ0n) is 13.5. The van der Waals surface area contributed by atoms with Crippen molar-refractivity contribution in [2.75, 3.05) is 12.4 Å². The van der Waals surface area contributed by atoms with Gasteiger partial charge < -0.3 is 9.32 Å². The third-order valence-electron chi connectivity index (χ3n) is 4.05. The summed E-state index contributed by atoms with van der Waals surface area (Å²) in [5.41, 5.74) is 1.74. The number of hydrogen-bond acceptors (Lipinski definition) is 5. The first-order valence-corrected chi connectivity index (χ1v) is 7.84. The van der Waals surface area contributed by atoms with Crippen LogP contribution in [-0.4, -0.2) is 39.0 Å². The standard InChI is InChI=1S/C17H17N5O2/c1-10-3-7-14(24-10)13-9-18-12-6-8-15(20-16(12)19-13)21-17(23)22(2)11-4-5-11/h3,6-9,11H,4-5H2,1-2H3,(H,19,20,21,23). The summed E-state index contributed by atoms with van der Waals surface area (Å²) in [5, 5.41) is 2.80. The number of nitrogens with one attached hydrogen (secondary N) is 1. The fourth-order valence-electron chi connectivity index (χ4n) is 2.48. The van der Waals surface area contributed by atoms with Gasteiger partial charge in [0.15, 0.2) is 11.4 Å². The number of urea groups is 1. The molecular weight excluding hydrogens is 306 g/mol. The smallest absolute Gasteiger partial charge is 0.322 e. The fourth-order valence-corrected chi connectivity index (χ4v) is 2.48. The Hall–Kier alpha value is -2.96. The Morgan fingerprint density at radius 2 is 2.08 bits per heavy atom. The molecule has 3 aromatic rings. The van der Waals surface area contributed by atoms with Crippen molar-refractivity contribution in [2.24, 2.45) is 0 Å². The van der Waals surface area contributed by atoms with E-state index in [1.54, 1.807) is 30.3 Å². The number of aryl methyl sites for hydroxylation is 1. The van der Waals surface area contributed by atoms with Gasteiger partial charge in [-0.25, -0.2) is 14.8 Å². The molecule has 24 heavy (non-hydrogen) atoms. The van der Waals surface area contributed by atoms with Gasteiger partial charge in [-0.15, -0.1) is 0 Å². The summed E-state index contributed by atoms with van der Waals surface area (Å²) in [6.07, 6.45) is 3.78. The van der Waals surface area contributed by atoms with E-state index in [4.69, 9.17) is 4.42 Å². The minimum Gasteiger partial charge on any atom is -0.460 e. The molecule has 1 saturated carbocycles. The van der Waals surface area contributed by atoms with Crippen molar-refractivity contribution < 1.29 is 9.21 Å². The summed E-state index contributed by atoms with van der Waals surface area (Å²) in [6.45, 7) is 1.88. The quantitative estimate of drug-likeness (QED) is 0.800. The van der Waals surface area contributed by atoms with Crippen LogP contribution in [0.5, 0.6) is 0 Å². The van der Waals surface area contributed by atoms with Crippen molar-refractivity contribution in [3.05, 3.63) is 36.2 Å². The average Bonchev–Trinajstić information content (AvgIpc) is 3.34. The Balaban J connectivity index is 1.62. The topological polar surface area (TPSA) is 84.2 Å². The third-order valence-corrected chi connectivity index (χ3v) is 4.05. The maximum Gasteiger partial charge on any atom is 0.322 e. The lowest BCUT2D eigenvalue weighted by atomic mass is 10.3. The van der Waals surface area contributed by atoms with Crippen LogP contribution in [0.25, 0.3) is 22.6 Å². The van der Waals surface area contributed by atoms with Gasteiger partial charge in [-0.2, -0.15) is 0 Å². The predicted molar refractivity (Wildman–Crippen MR) is 89.6 cm³/mol. The van der Waals surface area contributed by atoms with Gasteiger partial charge >= 0.3 is 6.03 Å². The number of carbonyl (C=O) groups is 1. The Morgan fingerprint density at radius 3 is 2.79 bits per heavy atom. The molecule has 1 aliphatic carbocycles. The SMILES string of the molecule is Cc1ccc(-c2cnc3ccc(NC(=O)N(C)C4CC4)nc3n2)o1. The molecule has 2 amide bonds. The van der Waals surface area contributed by atoms with E-state index in [0.717, 1.165) is 18.6 Å². The molecule has 7 heteroatoms. The van der Waals surface area contributed by atoms with E-state index in [1.807, 2.05) is 19.1 Å². The molecule has 1 fully saturated rings. The van der Waals surface area contributed by atoms with Crippen LogP contribution < -0.4 is 5.32 Å². The van der Waals surface area contributed by atoms with Crippen LogP contribution in [0.2, 0.25) is 0 Å². The van der Waals surface area contributed by atoms with E-state index in [0.29, 0.717) is 34.5 Å². The van der Waals surface area contributed by atoms with Crippen LogP contribution in [0.1, 0.15) is 18.6 Å².